The fourth-order valence-electron chi connectivity index (χ4n) is 2.59. The zero-order chi connectivity index (χ0) is 16.1. The molecule has 1 saturated heterocycles. The van der Waals surface area contributed by atoms with Crippen molar-refractivity contribution in [3.05, 3.63) is 24.3 Å². The van der Waals surface area contributed by atoms with Crippen LogP contribution in [0.5, 0.6) is 5.75 Å². The van der Waals surface area contributed by atoms with Crippen molar-refractivity contribution in [2.24, 2.45) is 0 Å². The molecule has 1 amide bonds. The zero-order valence-corrected chi connectivity index (χ0v) is 13.6. The first-order valence-corrected chi connectivity index (χ1v) is 8.25. The van der Waals surface area contributed by atoms with Gasteiger partial charge in [-0.05, 0) is 50.5 Å². The van der Waals surface area contributed by atoms with Crippen molar-refractivity contribution < 1.29 is 19.4 Å². The number of likely N-dealkylation sites (tertiary alicyclic amines) is 1. The Morgan fingerprint density at radius 2 is 2.00 bits per heavy atom. The van der Waals surface area contributed by atoms with Gasteiger partial charge in [0.05, 0.1) is 12.4 Å². The van der Waals surface area contributed by atoms with Crippen LogP contribution in [-0.4, -0.2) is 46.8 Å². The number of piperidine rings is 1. The standard InChI is InChI=1S/C16H21NO4S/c1-11(22-13-8-6-12(21-2)7-9-13)15(18)17-10-4-3-5-14(17)16(19)20/h6-9,11,14H,3-5,10H2,1-2H3,(H,19,20)/t11?,14-/m1/s1. The first kappa shape index (κ1) is 16.7. The normalized spacial score (nSPS) is 19.5. The van der Waals surface area contributed by atoms with E-state index in [0.717, 1.165) is 23.5 Å². The predicted octanol–water partition coefficient (Wildman–Crippen LogP) is 2.64. The van der Waals surface area contributed by atoms with Gasteiger partial charge in [-0.1, -0.05) is 0 Å². The largest absolute Gasteiger partial charge is 0.497 e. The fourth-order valence-corrected chi connectivity index (χ4v) is 3.53. The van der Waals surface area contributed by atoms with Gasteiger partial charge in [-0.2, -0.15) is 0 Å². The molecule has 2 rings (SSSR count). The van der Waals surface area contributed by atoms with Crippen molar-refractivity contribution in [3.8, 4) is 5.75 Å². The molecule has 0 radical (unpaired) electrons. The van der Waals surface area contributed by atoms with Crippen LogP contribution in [0, 0.1) is 0 Å². The van der Waals surface area contributed by atoms with Crippen LogP contribution in [-0.2, 0) is 9.59 Å². The van der Waals surface area contributed by atoms with E-state index in [1.807, 2.05) is 31.2 Å². The maximum absolute atomic E-state index is 12.6. The molecule has 0 spiro atoms. The van der Waals surface area contributed by atoms with E-state index in [2.05, 4.69) is 0 Å². The summed E-state index contributed by atoms with van der Waals surface area (Å²) < 4.78 is 5.11. The lowest BCUT2D eigenvalue weighted by Gasteiger charge is -2.34. The lowest BCUT2D eigenvalue weighted by Crippen LogP contribution is -2.50. The molecule has 22 heavy (non-hydrogen) atoms. The first-order chi connectivity index (χ1) is 10.5. The Kier molecular flexibility index (Phi) is 5.71. The van der Waals surface area contributed by atoms with E-state index in [1.165, 1.54) is 16.7 Å². The third kappa shape index (κ3) is 3.94. The van der Waals surface area contributed by atoms with Gasteiger partial charge in [0.1, 0.15) is 11.8 Å². The van der Waals surface area contributed by atoms with Gasteiger partial charge in [-0.25, -0.2) is 4.79 Å². The summed E-state index contributed by atoms with van der Waals surface area (Å²) >= 11 is 1.44. The number of carboxylic acid groups (broad SMARTS) is 1. The molecule has 5 nitrogen and oxygen atoms in total. The zero-order valence-electron chi connectivity index (χ0n) is 12.8. The Bertz CT molecular complexity index is 531. The van der Waals surface area contributed by atoms with Crippen LogP contribution in [0.3, 0.4) is 0 Å². The van der Waals surface area contributed by atoms with Crippen LogP contribution in [0.4, 0.5) is 0 Å². The predicted molar refractivity (Wildman–Crippen MR) is 85.3 cm³/mol. The van der Waals surface area contributed by atoms with E-state index in [1.54, 1.807) is 7.11 Å². The summed E-state index contributed by atoms with van der Waals surface area (Å²) in [5.41, 5.74) is 0. The van der Waals surface area contributed by atoms with E-state index in [9.17, 15) is 14.7 Å². The number of rotatable bonds is 5. The average Bonchev–Trinajstić information content (AvgIpc) is 2.54. The Balaban J connectivity index is 2.02. The Morgan fingerprint density at radius 1 is 1.32 bits per heavy atom. The highest BCUT2D eigenvalue weighted by Gasteiger charge is 2.34. The maximum Gasteiger partial charge on any atom is 0.326 e. The van der Waals surface area contributed by atoms with Crippen LogP contribution in [0.25, 0.3) is 0 Å². The van der Waals surface area contributed by atoms with Crippen LogP contribution < -0.4 is 4.74 Å². The minimum Gasteiger partial charge on any atom is -0.497 e. The fraction of sp³-hybridized carbons (Fsp3) is 0.500. The number of amides is 1. The molecular weight excluding hydrogens is 302 g/mol. The number of hydrogen-bond acceptors (Lipinski definition) is 4. The first-order valence-electron chi connectivity index (χ1n) is 7.37. The lowest BCUT2D eigenvalue weighted by molar-refractivity contribution is -0.151. The van der Waals surface area contributed by atoms with Crippen molar-refractivity contribution in [2.75, 3.05) is 13.7 Å². The monoisotopic (exact) mass is 323 g/mol. The third-order valence-electron chi connectivity index (χ3n) is 3.79. The minimum absolute atomic E-state index is 0.104. The molecule has 1 fully saturated rings. The van der Waals surface area contributed by atoms with Crippen LogP contribution >= 0.6 is 11.8 Å². The van der Waals surface area contributed by atoms with Gasteiger partial charge in [0, 0.05) is 11.4 Å². The highest BCUT2D eigenvalue weighted by molar-refractivity contribution is 8.00. The van der Waals surface area contributed by atoms with E-state index >= 15 is 0 Å². The van der Waals surface area contributed by atoms with Gasteiger partial charge in [0.2, 0.25) is 5.91 Å². The summed E-state index contributed by atoms with van der Waals surface area (Å²) in [6.07, 6.45) is 2.27. The Morgan fingerprint density at radius 3 is 2.59 bits per heavy atom. The van der Waals surface area contributed by atoms with Gasteiger partial charge in [-0.15, -0.1) is 11.8 Å². The number of carbonyl (C=O) groups excluding carboxylic acids is 1. The van der Waals surface area contributed by atoms with E-state index < -0.39 is 12.0 Å². The molecule has 0 aliphatic carbocycles. The number of thioether (sulfide) groups is 1. The van der Waals surface area contributed by atoms with Crippen molar-refractivity contribution in [1.82, 2.24) is 4.90 Å². The molecule has 1 unspecified atom stereocenters. The average molecular weight is 323 g/mol. The maximum atomic E-state index is 12.6. The van der Waals surface area contributed by atoms with Gasteiger partial charge >= 0.3 is 5.97 Å². The molecule has 6 heteroatoms. The number of benzene rings is 1. The number of ether oxygens (including phenoxy) is 1. The second-order valence-electron chi connectivity index (χ2n) is 5.32. The number of carboxylic acids is 1. The summed E-state index contributed by atoms with van der Waals surface area (Å²) in [4.78, 5) is 26.3. The van der Waals surface area contributed by atoms with Gasteiger partial charge in [-0.3, -0.25) is 4.79 Å². The smallest absolute Gasteiger partial charge is 0.326 e. The summed E-state index contributed by atoms with van der Waals surface area (Å²) in [5.74, 6) is -0.243. The van der Waals surface area contributed by atoms with Crippen molar-refractivity contribution in [3.63, 3.8) is 0 Å². The lowest BCUT2D eigenvalue weighted by atomic mass is 10.0. The number of nitrogens with zero attached hydrogens (tertiary/aromatic N) is 1. The van der Waals surface area contributed by atoms with E-state index in [-0.39, 0.29) is 11.2 Å². The van der Waals surface area contributed by atoms with Crippen molar-refractivity contribution in [2.45, 2.75) is 42.4 Å². The Hall–Kier alpha value is -1.69. The molecule has 1 N–H and O–H groups in total. The second-order valence-corrected chi connectivity index (χ2v) is 6.73. The molecule has 1 aliphatic heterocycles. The summed E-state index contributed by atoms with van der Waals surface area (Å²) in [6.45, 7) is 2.36. The number of carbonyl (C=O) groups is 2. The summed E-state index contributed by atoms with van der Waals surface area (Å²) in [7, 11) is 1.61. The van der Waals surface area contributed by atoms with Gasteiger partial charge in [0.15, 0.2) is 0 Å². The van der Waals surface area contributed by atoms with Gasteiger partial charge in [0.25, 0.3) is 0 Å². The molecule has 1 heterocycles. The molecular formula is C16H21NO4S. The SMILES string of the molecule is COc1ccc(SC(C)C(=O)N2CCCC[C@@H]2C(=O)O)cc1. The second kappa shape index (κ2) is 7.54. The molecule has 0 saturated carbocycles. The number of aliphatic carboxylic acids is 1. The Labute approximate surface area is 134 Å². The molecule has 1 aliphatic rings. The highest BCUT2D eigenvalue weighted by Crippen LogP contribution is 2.28. The molecule has 2 atom stereocenters. The molecule has 120 valence electrons. The third-order valence-corrected chi connectivity index (χ3v) is 4.89. The van der Waals surface area contributed by atoms with Crippen molar-refractivity contribution in [1.29, 1.82) is 0 Å². The van der Waals surface area contributed by atoms with E-state index in [0.29, 0.717) is 13.0 Å². The van der Waals surface area contributed by atoms with E-state index in [4.69, 9.17) is 4.74 Å². The molecule has 0 aromatic heterocycles. The molecule has 1 aromatic carbocycles. The topological polar surface area (TPSA) is 66.8 Å². The highest BCUT2D eigenvalue weighted by atomic mass is 32.2. The molecule has 1 aromatic rings. The number of hydrogen-bond donors (Lipinski definition) is 1. The quantitative estimate of drug-likeness (QED) is 0.844. The summed E-state index contributed by atoms with van der Waals surface area (Å²) in [6, 6.07) is 6.82. The summed E-state index contributed by atoms with van der Waals surface area (Å²) in [5, 5.41) is 8.96. The molecule has 0 bridgehead atoms. The van der Waals surface area contributed by atoms with Crippen molar-refractivity contribution >= 4 is 23.6 Å². The van der Waals surface area contributed by atoms with Crippen LogP contribution in [0.15, 0.2) is 29.2 Å². The van der Waals surface area contributed by atoms with Crippen LogP contribution in [0.2, 0.25) is 0 Å². The van der Waals surface area contributed by atoms with Crippen LogP contribution in [0.1, 0.15) is 26.2 Å². The number of methoxy groups -OCH3 is 1. The van der Waals surface area contributed by atoms with Gasteiger partial charge < -0.3 is 14.7 Å². The minimum atomic E-state index is -0.908.